The number of para-hydroxylation sites is 1. The van der Waals surface area contributed by atoms with Gasteiger partial charge in [-0.15, -0.1) is 0 Å². The van der Waals surface area contributed by atoms with E-state index in [1.165, 1.54) is 0 Å². The first kappa shape index (κ1) is 16.2. The minimum atomic E-state index is -0.149. The predicted octanol–water partition coefficient (Wildman–Crippen LogP) is 2.76. The fourth-order valence-corrected chi connectivity index (χ4v) is 3.01. The molecule has 126 valence electrons. The van der Waals surface area contributed by atoms with Crippen molar-refractivity contribution in [3.8, 4) is 0 Å². The van der Waals surface area contributed by atoms with Crippen LogP contribution in [0.25, 0.3) is 10.9 Å². The Morgan fingerprint density at radius 2 is 2.12 bits per heavy atom. The van der Waals surface area contributed by atoms with Crippen LogP contribution >= 0.6 is 0 Å². The van der Waals surface area contributed by atoms with E-state index in [1.807, 2.05) is 37.3 Å². The van der Waals surface area contributed by atoms with Gasteiger partial charge in [0.25, 0.3) is 0 Å². The van der Waals surface area contributed by atoms with Crippen molar-refractivity contribution in [2.45, 2.75) is 32.2 Å². The molecule has 1 aromatic heterocycles. The van der Waals surface area contributed by atoms with Crippen molar-refractivity contribution in [1.82, 2.24) is 15.2 Å². The average molecular weight is 326 g/mol. The fourth-order valence-electron chi connectivity index (χ4n) is 3.01. The number of benzene rings is 1. The highest BCUT2D eigenvalue weighted by Crippen LogP contribution is 2.21. The molecule has 3 rings (SSSR count). The van der Waals surface area contributed by atoms with Crippen LogP contribution < -0.4 is 10.6 Å². The normalized spacial score (nSPS) is 17.5. The molecule has 6 nitrogen and oxygen atoms in total. The first-order valence-corrected chi connectivity index (χ1v) is 8.36. The monoisotopic (exact) mass is 326 g/mol. The van der Waals surface area contributed by atoms with Crippen molar-refractivity contribution in [2.24, 2.45) is 0 Å². The van der Waals surface area contributed by atoms with E-state index >= 15 is 0 Å². The maximum absolute atomic E-state index is 12.6. The predicted molar refractivity (Wildman–Crippen MR) is 93.8 cm³/mol. The highest BCUT2D eigenvalue weighted by molar-refractivity contribution is 5.99. The van der Waals surface area contributed by atoms with E-state index < -0.39 is 0 Å². The van der Waals surface area contributed by atoms with Gasteiger partial charge < -0.3 is 15.5 Å². The molecule has 0 bridgehead atoms. The lowest BCUT2D eigenvalue weighted by molar-refractivity contribution is -0.121. The van der Waals surface area contributed by atoms with Gasteiger partial charge in [0.1, 0.15) is 0 Å². The highest BCUT2D eigenvalue weighted by atomic mass is 16.2. The van der Waals surface area contributed by atoms with Gasteiger partial charge in [0, 0.05) is 37.1 Å². The number of pyridine rings is 1. The minimum Gasteiger partial charge on any atom is -0.352 e. The summed E-state index contributed by atoms with van der Waals surface area (Å²) in [6, 6.07) is 9.45. The Labute approximate surface area is 141 Å². The number of fused-ring (bicyclic) bond motifs is 1. The van der Waals surface area contributed by atoms with Crippen LogP contribution in [0.2, 0.25) is 0 Å². The van der Waals surface area contributed by atoms with Gasteiger partial charge >= 0.3 is 6.03 Å². The molecule has 0 saturated carbocycles. The number of carbonyl (C=O) groups is 2. The van der Waals surface area contributed by atoms with Crippen LogP contribution in [-0.2, 0) is 4.79 Å². The smallest absolute Gasteiger partial charge is 0.321 e. The summed E-state index contributed by atoms with van der Waals surface area (Å²) in [5.41, 5.74) is 1.49. The number of hydrogen-bond acceptors (Lipinski definition) is 3. The summed E-state index contributed by atoms with van der Waals surface area (Å²) in [5, 5.41) is 6.92. The summed E-state index contributed by atoms with van der Waals surface area (Å²) in [5.74, 6) is 0.0283. The number of piperidine rings is 1. The van der Waals surface area contributed by atoms with Crippen LogP contribution in [0.1, 0.15) is 26.2 Å². The Hall–Kier alpha value is -2.63. The number of aromatic nitrogens is 1. The second-order valence-electron chi connectivity index (χ2n) is 6.02. The Bertz CT molecular complexity index is 741. The minimum absolute atomic E-state index is 0.0283. The van der Waals surface area contributed by atoms with Crippen LogP contribution in [-0.4, -0.2) is 41.0 Å². The van der Waals surface area contributed by atoms with Crippen molar-refractivity contribution < 1.29 is 9.59 Å². The lowest BCUT2D eigenvalue weighted by Crippen LogP contribution is -2.50. The number of likely N-dealkylation sites (tertiary alicyclic amines) is 1. The molecule has 0 spiro atoms. The van der Waals surface area contributed by atoms with Gasteiger partial charge in [0.15, 0.2) is 0 Å². The van der Waals surface area contributed by atoms with E-state index in [1.54, 1.807) is 11.1 Å². The van der Waals surface area contributed by atoms with E-state index in [0.717, 1.165) is 23.7 Å². The zero-order valence-electron chi connectivity index (χ0n) is 13.8. The van der Waals surface area contributed by atoms with E-state index in [2.05, 4.69) is 15.6 Å². The van der Waals surface area contributed by atoms with Gasteiger partial charge in [-0.1, -0.05) is 25.1 Å². The molecule has 1 aliphatic rings. The average Bonchev–Trinajstić information content (AvgIpc) is 2.62. The number of nitrogens with one attached hydrogen (secondary N) is 2. The second-order valence-corrected chi connectivity index (χ2v) is 6.02. The molecule has 0 aliphatic carbocycles. The molecule has 1 aromatic carbocycles. The lowest BCUT2D eigenvalue weighted by atomic mass is 10.1. The number of carbonyl (C=O) groups excluding carboxylic acids is 2. The molecule has 2 heterocycles. The van der Waals surface area contributed by atoms with Gasteiger partial charge in [-0.05, 0) is 25.0 Å². The number of nitrogens with zero attached hydrogens (tertiary/aromatic N) is 2. The van der Waals surface area contributed by atoms with Crippen molar-refractivity contribution in [3.63, 3.8) is 0 Å². The largest absolute Gasteiger partial charge is 0.352 e. The van der Waals surface area contributed by atoms with E-state index in [9.17, 15) is 9.59 Å². The van der Waals surface area contributed by atoms with Gasteiger partial charge in [-0.25, -0.2) is 4.79 Å². The molecular formula is C18H22N4O2. The summed E-state index contributed by atoms with van der Waals surface area (Å²) in [7, 11) is 0. The first-order chi connectivity index (χ1) is 11.7. The topological polar surface area (TPSA) is 74.3 Å². The molecule has 0 radical (unpaired) electrons. The van der Waals surface area contributed by atoms with Crippen LogP contribution in [0.4, 0.5) is 10.5 Å². The standard InChI is InChI=1S/C18H22N4O2/c1-2-16(23)20-14-8-5-11-22(12-14)18(24)21-15-9-3-6-13-7-4-10-19-17(13)15/h3-4,6-7,9-10,14H,2,5,8,11-12H2,1H3,(H,20,23)(H,21,24)/t14-/m1/s1. The van der Waals surface area contributed by atoms with E-state index in [0.29, 0.717) is 25.2 Å². The summed E-state index contributed by atoms with van der Waals surface area (Å²) in [4.78, 5) is 30.3. The Kier molecular flexibility index (Phi) is 4.93. The molecular weight excluding hydrogens is 304 g/mol. The molecule has 3 amide bonds. The molecule has 1 fully saturated rings. The molecule has 2 aromatic rings. The molecule has 1 aliphatic heterocycles. The number of urea groups is 1. The van der Waals surface area contributed by atoms with Crippen molar-refractivity contribution in [1.29, 1.82) is 0 Å². The molecule has 6 heteroatoms. The summed E-state index contributed by atoms with van der Waals surface area (Å²) < 4.78 is 0. The van der Waals surface area contributed by atoms with Gasteiger partial charge in [-0.3, -0.25) is 9.78 Å². The summed E-state index contributed by atoms with van der Waals surface area (Å²) in [6.45, 7) is 3.06. The third kappa shape index (κ3) is 3.64. The number of hydrogen-bond donors (Lipinski definition) is 2. The quantitative estimate of drug-likeness (QED) is 0.911. The maximum atomic E-state index is 12.6. The third-order valence-electron chi connectivity index (χ3n) is 4.27. The third-order valence-corrected chi connectivity index (χ3v) is 4.27. The van der Waals surface area contributed by atoms with Crippen LogP contribution in [0, 0.1) is 0 Å². The Balaban J connectivity index is 1.69. The summed E-state index contributed by atoms with van der Waals surface area (Å²) in [6.07, 6.45) is 3.97. The van der Waals surface area contributed by atoms with Crippen LogP contribution in [0.3, 0.4) is 0 Å². The highest BCUT2D eigenvalue weighted by Gasteiger charge is 2.24. The van der Waals surface area contributed by atoms with E-state index in [4.69, 9.17) is 0 Å². The fraction of sp³-hybridized carbons (Fsp3) is 0.389. The Morgan fingerprint density at radius 3 is 2.96 bits per heavy atom. The van der Waals surface area contributed by atoms with Crippen molar-refractivity contribution in [2.75, 3.05) is 18.4 Å². The van der Waals surface area contributed by atoms with Gasteiger partial charge in [-0.2, -0.15) is 0 Å². The second kappa shape index (κ2) is 7.29. The Morgan fingerprint density at radius 1 is 1.29 bits per heavy atom. The zero-order valence-corrected chi connectivity index (χ0v) is 13.8. The molecule has 1 atom stereocenters. The maximum Gasteiger partial charge on any atom is 0.321 e. The molecule has 0 unspecified atom stereocenters. The molecule has 1 saturated heterocycles. The van der Waals surface area contributed by atoms with Crippen molar-refractivity contribution in [3.05, 3.63) is 36.5 Å². The SMILES string of the molecule is CCC(=O)N[C@@H]1CCCN(C(=O)Nc2cccc3cccnc23)C1. The number of rotatable bonds is 3. The first-order valence-electron chi connectivity index (χ1n) is 8.36. The number of anilines is 1. The molecule has 24 heavy (non-hydrogen) atoms. The van der Waals surface area contributed by atoms with Crippen molar-refractivity contribution >= 4 is 28.5 Å². The van der Waals surface area contributed by atoms with Gasteiger partial charge in [0.2, 0.25) is 5.91 Å². The number of amides is 3. The van der Waals surface area contributed by atoms with E-state index in [-0.39, 0.29) is 18.0 Å². The lowest BCUT2D eigenvalue weighted by Gasteiger charge is -2.33. The van der Waals surface area contributed by atoms with Gasteiger partial charge in [0.05, 0.1) is 11.2 Å². The summed E-state index contributed by atoms with van der Waals surface area (Å²) >= 11 is 0. The zero-order chi connectivity index (χ0) is 16.9. The molecule has 2 N–H and O–H groups in total. The van der Waals surface area contributed by atoms with Crippen LogP contribution in [0.15, 0.2) is 36.5 Å². The van der Waals surface area contributed by atoms with Crippen LogP contribution in [0.5, 0.6) is 0 Å².